The Labute approximate surface area is 196 Å². The molecule has 0 aromatic heterocycles. The predicted octanol–water partition coefficient (Wildman–Crippen LogP) is 2.64. The Bertz CT molecular complexity index is 846. The third-order valence-corrected chi connectivity index (χ3v) is 5.13. The zero-order valence-corrected chi connectivity index (χ0v) is 20.5. The highest BCUT2D eigenvalue weighted by Gasteiger charge is 2.34. The van der Waals surface area contributed by atoms with Gasteiger partial charge in [0.15, 0.2) is 5.11 Å². The van der Waals surface area contributed by atoms with Crippen LogP contribution in [-0.4, -0.2) is 59.6 Å². The van der Waals surface area contributed by atoms with Crippen LogP contribution in [0.4, 0.5) is 0 Å². The summed E-state index contributed by atoms with van der Waals surface area (Å²) in [5.74, 6) is -0.684. The Kier molecular flexibility index (Phi) is 9.24. The molecule has 31 heavy (non-hydrogen) atoms. The summed E-state index contributed by atoms with van der Waals surface area (Å²) < 4.78 is 11.6. The Balaban J connectivity index is 2.13. The van der Waals surface area contributed by atoms with Crippen molar-refractivity contribution in [1.29, 1.82) is 0 Å². The van der Waals surface area contributed by atoms with Crippen LogP contribution in [0, 0.1) is 5.92 Å². The van der Waals surface area contributed by atoms with Crippen molar-refractivity contribution in [1.82, 2.24) is 15.5 Å². The van der Waals surface area contributed by atoms with Crippen molar-refractivity contribution in [3.63, 3.8) is 0 Å². The van der Waals surface area contributed by atoms with E-state index in [4.69, 9.17) is 21.7 Å². The van der Waals surface area contributed by atoms with Crippen LogP contribution < -0.4 is 15.4 Å². The average molecular weight is 514 g/mol. The fraction of sp³-hybridized carbons (Fsp3) is 0.524. The molecule has 1 fully saturated rings. The maximum absolute atomic E-state index is 12.9. The minimum absolute atomic E-state index is 0.0667. The highest BCUT2D eigenvalue weighted by atomic mass is 79.9. The van der Waals surface area contributed by atoms with Gasteiger partial charge in [-0.25, -0.2) is 0 Å². The van der Waals surface area contributed by atoms with E-state index in [1.807, 2.05) is 27.7 Å². The number of piperazine rings is 1. The number of carbonyl (C=O) groups is 3. The van der Waals surface area contributed by atoms with Crippen LogP contribution in [0.1, 0.15) is 44.5 Å². The van der Waals surface area contributed by atoms with Crippen LogP contribution in [0.5, 0.6) is 5.75 Å². The van der Waals surface area contributed by atoms with Gasteiger partial charge in [-0.1, -0.05) is 29.8 Å². The van der Waals surface area contributed by atoms with E-state index in [9.17, 15) is 14.4 Å². The van der Waals surface area contributed by atoms with Crippen molar-refractivity contribution < 1.29 is 23.9 Å². The molecule has 2 N–H and O–H groups in total. The molecule has 10 heteroatoms. The van der Waals surface area contributed by atoms with Crippen molar-refractivity contribution >= 4 is 51.0 Å². The van der Waals surface area contributed by atoms with E-state index < -0.39 is 17.9 Å². The summed E-state index contributed by atoms with van der Waals surface area (Å²) >= 11 is 8.77. The highest BCUT2D eigenvalue weighted by molar-refractivity contribution is 9.10. The van der Waals surface area contributed by atoms with Gasteiger partial charge >= 0.3 is 5.97 Å². The molecule has 2 rings (SSSR count). The number of hydrogen-bond donors (Lipinski definition) is 2. The quantitative estimate of drug-likeness (QED) is 0.427. The number of rotatable bonds is 7. The van der Waals surface area contributed by atoms with Gasteiger partial charge < -0.3 is 19.7 Å². The number of nitrogens with zero attached hydrogens (tertiary/aromatic N) is 1. The second-order valence-electron chi connectivity index (χ2n) is 7.85. The van der Waals surface area contributed by atoms with Gasteiger partial charge in [0.05, 0.1) is 24.7 Å². The fourth-order valence-electron chi connectivity index (χ4n) is 2.91. The third-order valence-electron chi connectivity index (χ3n) is 4.30. The van der Waals surface area contributed by atoms with Gasteiger partial charge in [-0.2, -0.15) is 0 Å². The molecule has 1 unspecified atom stereocenters. The number of benzene rings is 1. The summed E-state index contributed by atoms with van der Waals surface area (Å²) in [5, 5.41) is 5.46. The lowest BCUT2D eigenvalue weighted by molar-refractivity contribution is -0.148. The second-order valence-corrected chi connectivity index (χ2v) is 9.15. The minimum Gasteiger partial charge on any atom is -0.490 e. The summed E-state index contributed by atoms with van der Waals surface area (Å²) in [6, 6.07) is 4.26. The molecule has 1 aliphatic heterocycles. The van der Waals surface area contributed by atoms with Crippen LogP contribution in [0.25, 0.3) is 0 Å². The number of amides is 2. The molecule has 170 valence electrons. The Morgan fingerprint density at radius 2 is 2.03 bits per heavy atom. The van der Waals surface area contributed by atoms with Gasteiger partial charge in [-0.3, -0.25) is 19.7 Å². The molecular formula is C21H28BrN3O5S. The standard InChI is InChI=1S/C21H28BrN3O5S/c1-12(2)11-29-18(26)10-16-20(28)23-7-8-25(16)21(31)24-19(27)15-9-14(22)5-6-17(15)30-13(3)4/h5-6,9,12-13,16H,7-8,10-11H2,1-4H3,(H,23,28)(H,24,27,31). The molecule has 0 aliphatic carbocycles. The monoisotopic (exact) mass is 513 g/mol. The molecule has 1 aromatic carbocycles. The number of thiocarbonyl (C=S) groups is 1. The average Bonchev–Trinajstić information content (AvgIpc) is 2.68. The van der Waals surface area contributed by atoms with Crippen LogP contribution in [0.2, 0.25) is 0 Å². The first-order valence-corrected chi connectivity index (χ1v) is 11.3. The lowest BCUT2D eigenvalue weighted by atomic mass is 10.1. The first kappa shape index (κ1) is 25.1. The first-order valence-electron chi connectivity index (χ1n) is 10.1. The summed E-state index contributed by atoms with van der Waals surface area (Å²) in [6.45, 7) is 8.57. The van der Waals surface area contributed by atoms with Crippen molar-refractivity contribution in [3.05, 3.63) is 28.2 Å². The zero-order chi connectivity index (χ0) is 23.1. The molecule has 1 aromatic rings. The molecule has 1 aliphatic rings. The number of hydrogen-bond acceptors (Lipinski definition) is 6. The smallest absolute Gasteiger partial charge is 0.308 e. The summed E-state index contributed by atoms with van der Waals surface area (Å²) in [4.78, 5) is 39.0. The minimum atomic E-state index is -0.852. The Morgan fingerprint density at radius 1 is 1.32 bits per heavy atom. The van der Waals surface area contributed by atoms with Crippen molar-refractivity contribution in [2.24, 2.45) is 5.92 Å². The largest absolute Gasteiger partial charge is 0.490 e. The maximum atomic E-state index is 12.9. The molecule has 0 spiro atoms. The van der Waals surface area contributed by atoms with Gasteiger partial charge in [-0.15, -0.1) is 0 Å². The van der Waals surface area contributed by atoms with Crippen molar-refractivity contribution in [3.8, 4) is 5.75 Å². The van der Waals surface area contributed by atoms with Gasteiger partial charge in [0.25, 0.3) is 5.91 Å². The SMILES string of the molecule is CC(C)COC(=O)CC1C(=O)NCCN1C(=S)NC(=O)c1cc(Br)ccc1OC(C)C. The molecule has 1 saturated heterocycles. The van der Waals surface area contributed by atoms with Crippen LogP contribution in [-0.2, 0) is 14.3 Å². The molecule has 0 bridgehead atoms. The third kappa shape index (κ3) is 7.46. The topological polar surface area (TPSA) is 97.0 Å². The van der Waals surface area contributed by atoms with Gasteiger partial charge in [0.2, 0.25) is 5.91 Å². The van der Waals surface area contributed by atoms with Gasteiger partial charge in [-0.05, 0) is 50.2 Å². The number of esters is 1. The molecule has 0 saturated carbocycles. The Morgan fingerprint density at radius 3 is 2.68 bits per heavy atom. The van der Waals surface area contributed by atoms with E-state index in [0.717, 1.165) is 0 Å². The molecular weight excluding hydrogens is 486 g/mol. The molecule has 1 atom stereocenters. The van der Waals surface area contributed by atoms with E-state index in [1.54, 1.807) is 23.1 Å². The summed E-state index contributed by atoms with van der Waals surface area (Å²) in [6.07, 6.45) is -0.278. The number of carbonyl (C=O) groups excluding carboxylic acids is 3. The second kappa shape index (κ2) is 11.4. The molecule has 2 amide bonds. The van der Waals surface area contributed by atoms with Gasteiger partial charge in [0, 0.05) is 17.6 Å². The zero-order valence-electron chi connectivity index (χ0n) is 18.1. The molecule has 1 heterocycles. The normalized spacial score (nSPS) is 16.2. The fourth-order valence-corrected chi connectivity index (χ4v) is 3.58. The van der Waals surface area contributed by atoms with Crippen molar-refractivity contribution in [2.45, 2.75) is 46.3 Å². The number of halogens is 1. The van der Waals surface area contributed by atoms with Crippen molar-refractivity contribution in [2.75, 3.05) is 19.7 Å². The molecule has 8 nitrogen and oxygen atoms in total. The van der Waals surface area contributed by atoms with Gasteiger partial charge in [0.1, 0.15) is 11.8 Å². The van der Waals surface area contributed by atoms with E-state index >= 15 is 0 Å². The summed E-state index contributed by atoms with van der Waals surface area (Å²) in [5.41, 5.74) is 0.305. The first-order chi connectivity index (χ1) is 14.6. The van der Waals surface area contributed by atoms with E-state index in [-0.39, 0.29) is 36.1 Å². The lowest BCUT2D eigenvalue weighted by Crippen LogP contribution is -2.60. The number of ether oxygens (including phenoxy) is 2. The van der Waals surface area contributed by atoms with E-state index in [0.29, 0.717) is 28.9 Å². The van der Waals surface area contributed by atoms with Crippen LogP contribution >= 0.6 is 28.1 Å². The van der Waals surface area contributed by atoms with Crippen LogP contribution in [0.15, 0.2) is 22.7 Å². The summed E-state index contributed by atoms with van der Waals surface area (Å²) in [7, 11) is 0. The van der Waals surface area contributed by atoms with E-state index in [1.165, 1.54) is 0 Å². The number of nitrogens with one attached hydrogen (secondary N) is 2. The predicted molar refractivity (Wildman–Crippen MR) is 124 cm³/mol. The Hall–Kier alpha value is -2.20. The highest BCUT2D eigenvalue weighted by Crippen LogP contribution is 2.24. The van der Waals surface area contributed by atoms with E-state index in [2.05, 4.69) is 26.6 Å². The lowest BCUT2D eigenvalue weighted by Gasteiger charge is -2.36. The maximum Gasteiger partial charge on any atom is 0.308 e. The molecule has 0 radical (unpaired) electrons. The van der Waals surface area contributed by atoms with Crippen LogP contribution in [0.3, 0.4) is 0 Å².